The molecule has 0 N–H and O–H groups in total. The van der Waals surface area contributed by atoms with E-state index < -0.39 is 0 Å². The summed E-state index contributed by atoms with van der Waals surface area (Å²) >= 11 is 0.104. The molecule has 1 nitrogen and oxygen atoms in total. The Labute approximate surface area is 60.6 Å². The lowest BCUT2D eigenvalue weighted by Gasteiger charge is -1.94. The van der Waals surface area contributed by atoms with Gasteiger partial charge in [-0.05, 0) is 6.42 Å². The van der Waals surface area contributed by atoms with E-state index in [4.69, 9.17) is 0 Å². The zero-order valence-electron chi connectivity index (χ0n) is 5.68. The summed E-state index contributed by atoms with van der Waals surface area (Å²) in [5.74, 6) is 0. The van der Waals surface area contributed by atoms with Gasteiger partial charge >= 0.3 is 20.4 Å². The van der Waals surface area contributed by atoms with Gasteiger partial charge in [-0.15, -0.1) is 8.60 Å². The minimum atomic E-state index is 0.104. The normalized spacial score (nSPS) is 8.88. The van der Waals surface area contributed by atoms with Crippen molar-refractivity contribution < 1.29 is 4.79 Å². The van der Waals surface area contributed by atoms with Gasteiger partial charge in [-0.1, -0.05) is 13.8 Å². The largest absolute Gasteiger partial charge is 0.368 e. The van der Waals surface area contributed by atoms with Crippen LogP contribution < -0.4 is 0 Å². The summed E-state index contributed by atoms with van der Waals surface area (Å²) in [4.78, 5) is 9.81. The van der Waals surface area contributed by atoms with E-state index in [1.807, 2.05) is 0 Å². The predicted octanol–water partition coefficient (Wildman–Crippen LogP) is 1.53. The van der Waals surface area contributed by atoms with Gasteiger partial charge in [0.15, 0.2) is 0 Å². The fourth-order valence-corrected chi connectivity index (χ4v) is 1.83. The Morgan fingerprint density at radius 2 is 2.25 bits per heavy atom. The van der Waals surface area contributed by atoms with Gasteiger partial charge in [0.25, 0.3) is 0 Å². The number of carbonyl (C=O) groups is 1. The van der Waals surface area contributed by atoms with Crippen LogP contribution in [0.5, 0.6) is 0 Å². The summed E-state index contributed by atoms with van der Waals surface area (Å²) in [5, 5.41) is 0. The summed E-state index contributed by atoms with van der Waals surface area (Å²) in [7, 11) is 0. The first-order valence-corrected chi connectivity index (χ1v) is 5.02. The average Bonchev–Trinajstić information content (AvgIpc) is 1.66. The van der Waals surface area contributed by atoms with E-state index in [1.165, 1.54) is 4.55 Å². The predicted molar refractivity (Wildman–Crippen MR) is 36.3 cm³/mol. The highest BCUT2D eigenvalue weighted by Gasteiger charge is 1.97. The van der Waals surface area contributed by atoms with E-state index in [2.05, 4.69) is 13.8 Å². The number of hydrogen-bond acceptors (Lipinski definition) is 1. The van der Waals surface area contributed by atoms with Gasteiger partial charge in [0, 0.05) is 0 Å². The standard InChI is InChI=1S/C3H5O.C3H7.Mg/c1-2-3-4;1-3-2;/h3H,1-2H2;3H,1-2H3;. The Morgan fingerprint density at radius 3 is 2.62 bits per heavy atom. The van der Waals surface area contributed by atoms with Crippen molar-refractivity contribution in [2.45, 2.75) is 28.9 Å². The fraction of sp³-hybridized carbons (Fsp3) is 0.833. The minimum Gasteiger partial charge on any atom is -0.303 e. The molecule has 0 amide bonds. The molecule has 0 heterocycles. The molecule has 0 aromatic carbocycles. The quantitative estimate of drug-likeness (QED) is 0.316. The van der Waals surface area contributed by atoms with Gasteiger partial charge < -0.3 is 4.79 Å². The van der Waals surface area contributed by atoms with Crippen molar-refractivity contribution >= 4 is 26.7 Å². The molecule has 0 aliphatic heterocycles. The molecule has 0 aliphatic rings. The Kier molecular flexibility index (Phi) is 5.87. The highest BCUT2D eigenvalue weighted by molar-refractivity contribution is 6.37. The molecule has 0 bridgehead atoms. The second-order valence-corrected chi connectivity index (χ2v) is 5.41. The topological polar surface area (TPSA) is 17.1 Å². The van der Waals surface area contributed by atoms with E-state index >= 15 is 0 Å². The maximum Gasteiger partial charge on any atom is 0.368 e. The number of carbonyl (C=O) groups excluding carboxylic acids is 1. The van der Waals surface area contributed by atoms with Crippen LogP contribution in [-0.4, -0.2) is 26.7 Å². The van der Waals surface area contributed by atoms with E-state index in [0.29, 0.717) is 0 Å². The first kappa shape index (κ1) is 8.44. The van der Waals surface area contributed by atoms with Crippen LogP contribution >= 0.6 is 0 Å². The maximum atomic E-state index is 9.81. The SMILES string of the molecule is C[CH](C)[Mg][CH2]CC=O. The van der Waals surface area contributed by atoms with Crippen LogP contribution in [0.15, 0.2) is 0 Å². The molecule has 0 aliphatic carbocycles. The van der Waals surface area contributed by atoms with Crippen molar-refractivity contribution in [2.24, 2.45) is 0 Å². The molecule has 0 aromatic rings. The van der Waals surface area contributed by atoms with Gasteiger partial charge in [0.1, 0.15) is 6.29 Å². The average molecular weight is 124 g/mol. The summed E-state index contributed by atoms with van der Waals surface area (Å²) in [6.45, 7) is 4.47. The molecule has 0 fully saturated rings. The lowest BCUT2D eigenvalue weighted by atomic mass is 10.5. The number of hydrogen-bond donors (Lipinski definition) is 0. The van der Waals surface area contributed by atoms with Crippen LogP contribution in [0.4, 0.5) is 0 Å². The van der Waals surface area contributed by atoms with Crippen LogP contribution in [0.2, 0.25) is 8.60 Å². The Balaban J connectivity index is 2.81. The van der Waals surface area contributed by atoms with Crippen molar-refractivity contribution in [1.82, 2.24) is 0 Å². The smallest absolute Gasteiger partial charge is 0.303 e. The monoisotopic (exact) mass is 124 g/mol. The number of rotatable bonds is 4. The van der Waals surface area contributed by atoms with Crippen LogP contribution in [0.3, 0.4) is 0 Å². The van der Waals surface area contributed by atoms with Gasteiger partial charge in [-0.25, -0.2) is 0 Å². The summed E-state index contributed by atoms with van der Waals surface area (Å²) < 4.78 is 2.08. The molecule has 0 atom stereocenters. The second kappa shape index (κ2) is 5.57. The first-order valence-electron chi connectivity index (χ1n) is 3.21. The van der Waals surface area contributed by atoms with Crippen molar-refractivity contribution in [3.05, 3.63) is 0 Å². The minimum absolute atomic E-state index is 0.104. The Bertz CT molecular complexity index is 61.5. The molecule has 0 rings (SSSR count). The van der Waals surface area contributed by atoms with Gasteiger partial charge in [0.05, 0.1) is 0 Å². The zero-order valence-corrected chi connectivity index (χ0v) is 7.10. The molecule has 2 heteroatoms. The van der Waals surface area contributed by atoms with E-state index in [-0.39, 0.29) is 20.4 Å². The van der Waals surface area contributed by atoms with Gasteiger partial charge in [-0.2, -0.15) is 0 Å². The number of aldehydes is 1. The van der Waals surface area contributed by atoms with E-state index in [0.717, 1.165) is 16.8 Å². The Hall–Kier alpha value is 0.436. The summed E-state index contributed by atoms with van der Waals surface area (Å²) in [6, 6.07) is 0. The molecule has 8 heavy (non-hydrogen) atoms. The molecule has 44 valence electrons. The molecule has 0 aromatic heterocycles. The first-order chi connectivity index (χ1) is 3.77. The van der Waals surface area contributed by atoms with E-state index in [1.54, 1.807) is 0 Å². The van der Waals surface area contributed by atoms with Crippen molar-refractivity contribution in [3.63, 3.8) is 0 Å². The molecule has 0 unspecified atom stereocenters. The van der Waals surface area contributed by atoms with Crippen molar-refractivity contribution in [3.8, 4) is 0 Å². The summed E-state index contributed by atoms with van der Waals surface area (Å²) in [6.07, 6.45) is 1.82. The van der Waals surface area contributed by atoms with Crippen LogP contribution in [-0.2, 0) is 4.79 Å². The molecular formula is C6H12MgO. The molecule has 0 saturated carbocycles. The lowest BCUT2D eigenvalue weighted by Crippen LogP contribution is -1.93. The fourth-order valence-electron chi connectivity index (χ4n) is 0.609. The zero-order chi connectivity index (χ0) is 6.41. The highest BCUT2D eigenvalue weighted by atomic mass is 24.5. The van der Waals surface area contributed by atoms with Gasteiger partial charge in [-0.3, -0.25) is 0 Å². The second-order valence-electron chi connectivity index (χ2n) is 2.49. The molecule has 0 spiro atoms. The molecule has 0 saturated heterocycles. The van der Waals surface area contributed by atoms with Crippen LogP contribution in [0.1, 0.15) is 20.3 Å². The third-order valence-corrected chi connectivity index (χ3v) is 3.07. The van der Waals surface area contributed by atoms with Crippen LogP contribution in [0, 0.1) is 0 Å². The third-order valence-electron chi connectivity index (χ3n) is 1.10. The summed E-state index contributed by atoms with van der Waals surface area (Å²) in [5.41, 5.74) is 0. The van der Waals surface area contributed by atoms with E-state index in [9.17, 15) is 4.79 Å². The van der Waals surface area contributed by atoms with Gasteiger partial charge in [0.2, 0.25) is 0 Å². The molecule has 0 radical (unpaired) electrons. The van der Waals surface area contributed by atoms with Crippen molar-refractivity contribution in [2.75, 3.05) is 0 Å². The highest BCUT2D eigenvalue weighted by Crippen LogP contribution is 2.00. The third kappa shape index (κ3) is 6.44. The lowest BCUT2D eigenvalue weighted by molar-refractivity contribution is -0.107. The Morgan fingerprint density at radius 1 is 1.62 bits per heavy atom. The molecular weight excluding hydrogens is 112 g/mol. The van der Waals surface area contributed by atoms with Crippen molar-refractivity contribution in [1.29, 1.82) is 0 Å². The van der Waals surface area contributed by atoms with Crippen LogP contribution in [0.25, 0.3) is 0 Å². The maximum absolute atomic E-state index is 9.81.